The number of carbonyl (C=O) groups excluding carboxylic acids is 1. The Labute approximate surface area is 151 Å². The van der Waals surface area contributed by atoms with Crippen molar-refractivity contribution in [1.82, 2.24) is 10.3 Å². The van der Waals surface area contributed by atoms with E-state index >= 15 is 0 Å². The molecule has 1 aliphatic rings. The number of rotatable bonds is 5. The summed E-state index contributed by atoms with van der Waals surface area (Å²) in [5.74, 6) is -0.123. The first-order valence-corrected chi connectivity index (χ1v) is 8.47. The van der Waals surface area contributed by atoms with E-state index in [1.165, 1.54) is 24.4 Å². The molecule has 0 aliphatic carbocycles. The SMILES string of the molecule is C=Cc1c(Oc2ccc(NC(=O)C3CCCCN3)cc2F)ccnc1N. The van der Waals surface area contributed by atoms with Gasteiger partial charge >= 0.3 is 0 Å². The molecule has 0 radical (unpaired) electrons. The molecule has 26 heavy (non-hydrogen) atoms. The van der Waals surface area contributed by atoms with E-state index in [4.69, 9.17) is 10.5 Å². The molecule has 0 saturated carbocycles. The number of hydrogen-bond acceptors (Lipinski definition) is 5. The Hall–Kier alpha value is -2.93. The highest BCUT2D eigenvalue weighted by Gasteiger charge is 2.21. The topological polar surface area (TPSA) is 89.3 Å². The zero-order valence-corrected chi connectivity index (χ0v) is 14.3. The Bertz CT molecular complexity index is 819. The minimum absolute atomic E-state index is 0.0208. The molecule has 1 aromatic heterocycles. The molecule has 1 aliphatic heterocycles. The summed E-state index contributed by atoms with van der Waals surface area (Å²) in [6, 6.07) is 5.63. The van der Waals surface area contributed by atoms with E-state index in [-0.39, 0.29) is 23.5 Å². The third kappa shape index (κ3) is 4.00. The second kappa shape index (κ2) is 7.97. The van der Waals surface area contributed by atoms with Crippen molar-refractivity contribution in [2.75, 3.05) is 17.6 Å². The number of halogens is 1. The standard InChI is InChI=1S/C19H21FN4O2/c1-2-13-16(8-10-23-18(13)21)26-17-7-6-12(11-14(17)20)24-19(25)15-5-3-4-9-22-15/h2,6-8,10-11,15,22H,1,3-5,9H2,(H2,21,23)(H,24,25). The van der Waals surface area contributed by atoms with Crippen LogP contribution in [-0.4, -0.2) is 23.5 Å². The number of anilines is 2. The smallest absolute Gasteiger partial charge is 0.241 e. The Morgan fingerprint density at radius 1 is 1.38 bits per heavy atom. The number of nitrogens with one attached hydrogen (secondary N) is 2. The van der Waals surface area contributed by atoms with Crippen molar-refractivity contribution in [3.63, 3.8) is 0 Å². The summed E-state index contributed by atoms with van der Waals surface area (Å²) in [6.07, 6.45) is 5.83. The molecule has 1 fully saturated rings. The highest BCUT2D eigenvalue weighted by Crippen LogP contribution is 2.31. The Kier molecular flexibility index (Phi) is 5.48. The first-order chi connectivity index (χ1) is 12.6. The lowest BCUT2D eigenvalue weighted by Crippen LogP contribution is -2.43. The van der Waals surface area contributed by atoms with Crippen LogP contribution in [0.4, 0.5) is 15.9 Å². The summed E-state index contributed by atoms with van der Waals surface area (Å²) < 4.78 is 20.0. The van der Waals surface area contributed by atoms with Crippen LogP contribution in [0.1, 0.15) is 24.8 Å². The lowest BCUT2D eigenvalue weighted by Gasteiger charge is -2.22. The van der Waals surface area contributed by atoms with Gasteiger partial charge in [-0.1, -0.05) is 19.1 Å². The number of nitrogens with two attached hydrogens (primary N) is 1. The minimum Gasteiger partial charge on any atom is -0.453 e. The van der Waals surface area contributed by atoms with E-state index in [2.05, 4.69) is 22.2 Å². The molecule has 0 bridgehead atoms. The van der Waals surface area contributed by atoms with Gasteiger partial charge in [0.1, 0.15) is 11.6 Å². The van der Waals surface area contributed by atoms with Gasteiger partial charge in [0.15, 0.2) is 11.6 Å². The lowest BCUT2D eigenvalue weighted by atomic mass is 10.0. The van der Waals surface area contributed by atoms with Gasteiger partial charge in [0.2, 0.25) is 5.91 Å². The number of hydrogen-bond donors (Lipinski definition) is 3. The molecule has 2 heterocycles. The third-order valence-electron chi connectivity index (χ3n) is 4.23. The lowest BCUT2D eigenvalue weighted by molar-refractivity contribution is -0.118. The molecule has 0 spiro atoms. The zero-order valence-electron chi connectivity index (χ0n) is 14.3. The molecule has 1 atom stereocenters. The zero-order chi connectivity index (χ0) is 18.5. The minimum atomic E-state index is -0.593. The summed E-state index contributed by atoms with van der Waals surface area (Å²) in [5.41, 5.74) is 6.64. The molecule has 2 aromatic rings. The van der Waals surface area contributed by atoms with Gasteiger partial charge in [-0.3, -0.25) is 4.79 Å². The fourth-order valence-corrected chi connectivity index (χ4v) is 2.85. The summed E-state index contributed by atoms with van der Waals surface area (Å²) in [4.78, 5) is 16.2. The molecular formula is C19H21FN4O2. The van der Waals surface area contributed by atoms with Gasteiger partial charge in [-0.05, 0) is 37.6 Å². The van der Waals surface area contributed by atoms with Gasteiger partial charge in [0.25, 0.3) is 0 Å². The summed E-state index contributed by atoms with van der Waals surface area (Å²) in [6.45, 7) is 4.48. The monoisotopic (exact) mass is 356 g/mol. The first kappa shape index (κ1) is 17.9. The van der Waals surface area contributed by atoms with Crippen LogP contribution in [0.2, 0.25) is 0 Å². The molecule has 1 amide bonds. The molecule has 4 N–H and O–H groups in total. The van der Waals surface area contributed by atoms with Crippen molar-refractivity contribution in [3.8, 4) is 11.5 Å². The summed E-state index contributed by atoms with van der Waals surface area (Å²) in [5, 5.41) is 5.89. The van der Waals surface area contributed by atoms with Gasteiger partial charge in [-0.2, -0.15) is 0 Å². The van der Waals surface area contributed by atoms with Gasteiger partial charge in [0.05, 0.1) is 11.6 Å². The van der Waals surface area contributed by atoms with Gasteiger partial charge in [0, 0.05) is 18.0 Å². The normalized spacial score (nSPS) is 16.7. The van der Waals surface area contributed by atoms with E-state index in [1.807, 2.05) is 0 Å². The number of amides is 1. The third-order valence-corrected chi connectivity index (χ3v) is 4.23. The first-order valence-electron chi connectivity index (χ1n) is 8.47. The van der Waals surface area contributed by atoms with Crippen LogP contribution in [-0.2, 0) is 4.79 Å². The molecule has 7 heteroatoms. The summed E-state index contributed by atoms with van der Waals surface area (Å²) in [7, 11) is 0. The number of carbonyl (C=O) groups is 1. The Morgan fingerprint density at radius 3 is 2.92 bits per heavy atom. The fraction of sp³-hybridized carbons (Fsp3) is 0.263. The predicted molar refractivity (Wildman–Crippen MR) is 99.5 cm³/mol. The molecule has 6 nitrogen and oxygen atoms in total. The maximum atomic E-state index is 14.4. The Morgan fingerprint density at radius 2 is 2.23 bits per heavy atom. The van der Waals surface area contributed by atoms with Crippen LogP contribution in [0.25, 0.3) is 6.08 Å². The molecule has 3 rings (SSSR count). The van der Waals surface area contributed by atoms with E-state index < -0.39 is 5.82 Å². The molecular weight excluding hydrogens is 335 g/mol. The average Bonchev–Trinajstić information content (AvgIpc) is 2.65. The van der Waals surface area contributed by atoms with E-state index in [0.29, 0.717) is 17.0 Å². The molecule has 1 aromatic carbocycles. The van der Waals surface area contributed by atoms with Crippen LogP contribution in [0.15, 0.2) is 37.0 Å². The molecule has 1 unspecified atom stereocenters. The van der Waals surface area contributed by atoms with Crippen LogP contribution in [0.3, 0.4) is 0 Å². The number of nitrogens with zero attached hydrogens (tertiary/aromatic N) is 1. The maximum absolute atomic E-state index is 14.4. The number of ether oxygens (including phenoxy) is 1. The van der Waals surface area contributed by atoms with Crippen LogP contribution >= 0.6 is 0 Å². The largest absolute Gasteiger partial charge is 0.453 e. The molecule has 1 saturated heterocycles. The summed E-state index contributed by atoms with van der Waals surface area (Å²) >= 11 is 0. The maximum Gasteiger partial charge on any atom is 0.241 e. The number of nitrogen functional groups attached to an aromatic ring is 1. The van der Waals surface area contributed by atoms with Crippen molar-refractivity contribution < 1.29 is 13.9 Å². The Balaban J connectivity index is 1.72. The fourth-order valence-electron chi connectivity index (χ4n) is 2.85. The molecule has 136 valence electrons. The van der Waals surface area contributed by atoms with E-state index in [0.717, 1.165) is 25.8 Å². The van der Waals surface area contributed by atoms with Crippen molar-refractivity contribution in [3.05, 3.63) is 48.4 Å². The van der Waals surface area contributed by atoms with Crippen molar-refractivity contribution >= 4 is 23.5 Å². The second-order valence-electron chi connectivity index (χ2n) is 6.05. The van der Waals surface area contributed by atoms with Crippen molar-refractivity contribution in [1.29, 1.82) is 0 Å². The highest BCUT2D eigenvalue weighted by atomic mass is 19.1. The van der Waals surface area contributed by atoms with E-state index in [1.54, 1.807) is 12.1 Å². The predicted octanol–water partition coefficient (Wildman–Crippen LogP) is 3.32. The van der Waals surface area contributed by atoms with Gasteiger partial charge in [-0.25, -0.2) is 9.37 Å². The number of aromatic nitrogens is 1. The van der Waals surface area contributed by atoms with Gasteiger partial charge < -0.3 is 21.1 Å². The van der Waals surface area contributed by atoms with Crippen LogP contribution in [0.5, 0.6) is 11.5 Å². The van der Waals surface area contributed by atoms with Gasteiger partial charge in [-0.15, -0.1) is 0 Å². The van der Waals surface area contributed by atoms with E-state index in [9.17, 15) is 9.18 Å². The highest BCUT2D eigenvalue weighted by molar-refractivity contribution is 5.94. The average molecular weight is 356 g/mol. The number of piperidine rings is 1. The van der Waals surface area contributed by atoms with Crippen LogP contribution in [0, 0.1) is 5.82 Å². The number of benzene rings is 1. The van der Waals surface area contributed by atoms with Crippen LogP contribution < -0.4 is 21.1 Å². The van der Waals surface area contributed by atoms with Crippen molar-refractivity contribution in [2.24, 2.45) is 0 Å². The second-order valence-corrected chi connectivity index (χ2v) is 6.05. The number of pyridine rings is 1. The van der Waals surface area contributed by atoms with Crippen molar-refractivity contribution in [2.45, 2.75) is 25.3 Å². The quantitative estimate of drug-likeness (QED) is 0.765.